The largest absolute Gasteiger partial charge is 0.465 e. The fourth-order valence-electron chi connectivity index (χ4n) is 10.9. The summed E-state index contributed by atoms with van der Waals surface area (Å²) in [7, 11) is 0. The van der Waals surface area contributed by atoms with Crippen LogP contribution in [-0.4, -0.2) is 146 Å². The van der Waals surface area contributed by atoms with E-state index in [-0.39, 0.29) is 71.2 Å². The van der Waals surface area contributed by atoms with Crippen LogP contribution in [0.5, 0.6) is 0 Å². The van der Waals surface area contributed by atoms with Crippen molar-refractivity contribution in [3.8, 4) is 0 Å². The highest BCUT2D eigenvalue weighted by molar-refractivity contribution is 5.88. The monoisotopic (exact) mass is 1190 g/mol. The number of amides is 4. The summed E-state index contributed by atoms with van der Waals surface area (Å²) >= 11 is 0. The maximum Gasteiger partial charge on any atom is 0.311 e. The van der Waals surface area contributed by atoms with Gasteiger partial charge in [0.25, 0.3) is 0 Å². The van der Waals surface area contributed by atoms with Crippen LogP contribution in [0.3, 0.4) is 0 Å². The molecule has 0 aliphatic carbocycles. The Hall–Kier alpha value is -4.24. The lowest BCUT2D eigenvalue weighted by atomic mass is 10.0. The molecule has 84 heavy (non-hydrogen) atoms. The maximum absolute atomic E-state index is 12.1. The predicted molar refractivity (Wildman–Crippen MR) is 336 cm³/mol. The highest BCUT2D eigenvalue weighted by Crippen LogP contribution is 2.24. The molecular weight excluding hydrogens is 1060 g/mol. The van der Waals surface area contributed by atoms with Crippen LogP contribution in [0.4, 0.5) is 0 Å². The number of likely N-dealkylation sites (tertiary alicyclic amines) is 4. The molecule has 0 aromatic carbocycles. The van der Waals surface area contributed by atoms with Gasteiger partial charge in [-0.1, -0.05) is 209 Å². The molecular formula is C68H124N4O12. The Morgan fingerprint density at radius 3 is 0.798 bits per heavy atom. The van der Waals surface area contributed by atoms with Crippen molar-refractivity contribution in [3.63, 3.8) is 0 Å². The maximum atomic E-state index is 12.1. The summed E-state index contributed by atoms with van der Waals surface area (Å²) < 4.78 is 21.0. The van der Waals surface area contributed by atoms with Crippen molar-refractivity contribution >= 4 is 47.5 Å². The molecule has 4 aliphatic heterocycles. The van der Waals surface area contributed by atoms with Gasteiger partial charge in [0.15, 0.2) is 0 Å². The first-order valence-electron chi connectivity index (χ1n) is 34.5. The number of ether oxygens (including phenoxy) is 4. The lowest BCUT2D eigenvalue weighted by Crippen LogP contribution is -2.27. The van der Waals surface area contributed by atoms with Crippen LogP contribution >= 0.6 is 0 Å². The van der Waals surface area contributed by atoms with E-state index in [1.165, 1.54) is 122 Å². The van der Waals surface area contributed by atoms with Gasteiger partial charge in [-0.15, -0.1) is 0 Å². The van der Waals surface area contributed by atoms with Crippen LogP contribution in [0.25, 0.3) is 0 Å². The van der Waals surface area contributed by atoms with E-state index in [4.69, 9.17) is 18.9 Å². The summed E-state index contributed by atoms with van der Waals surface area (Å²) in [6.07, 6.45) is 39.4. The molecule has 4 saturated heterocycles. The molecule has 0 spiro atoms. The van der Waals surface area contributed by atoms with Gasteiger partial charge in [-0.2, -0.15) is 0 Å². The van der Waals surface area contributed by atoms with Gasteiger partial charge < -0.3 is 38.5 Å². The number of nitrogens with zero attached hydrogens (tertiary/aromatic N) is 4. The van der Waals surface area contributed by atoms with Crippen molar-refractivity contribution in [2.45, 2.75) is 287 Å². The smallest absolute Gasteiger partial charge is 0.311 e. The zero-order valence-electron chi connectivity index (χ0n) is 54.9. The van der Waals surface area contributed by atoms with Gasteiger partial charge in [-0.25, -0.2) is 0 Å². The zero-order valence-corrected chi connectivity index (χ0v) is 54.9. The molecule has 0 saturated carbocycles. The van der Waals surface area contributed by atoms with E-state index in [0.29, 0.717) is 84.8 Å². The second-order valence-corrected chi connectivity index (χ2v) is 24.1. The number of unbranched alkanes of at least 4 members (excludes halogenated alkanes) is 25. The second-order valence-electron chi connectivity index (χ2n) is 24.1. The average molecular weight is 1190 g/mol. The molecule has 4 fully saturated rings. The third kappa shape index (κ3) is 36.7. The molecule has 4 rings (SSSR count). The summed E-state index contributed by atoms with van der Waals surface area (Å²) in [5.74, 6) is -1.35. The zero-order chi connectivity index (χ0) is 62.0. The van der Waals surface area contributed by atoms with E-state index >= 15 is 0 Å². The molecule has 0 radical (unpaired) electrons. The Kier molecular flexibility index (Phi) is 48.1. The van der Waals surface area contributed by atoms with Gasteiger partial charge in [0.2, 0.25) is 23.6 Å². The summed E-state index contributed by atoms with van der Waals surface area (Å²) in [6.45, 7) is 24.1. The van der Waals surface area contributed by atoms with Gasteiger partial charge in [0, 0.05) is 78.0 Å². The lowest BCUT2D eigenvalue weighted by molar-refractivity contribution is -0.149. The summed E-state index contributed by atoms with van der Waals surface area (Å²) in [5, 5.41) is 0. The molecule has 0 aromatic rings. The number of esters is 4. The minimum atomic E-state index is -0.244. The van der Waals surface area contributed by atoms with Crippen LogP contribution in [0, 0.1) is 23.7 Å². The fourth-order valence-corrected chi connectivity index (χ4v) is 10.9. The van der Waals surface area contributed by atoms with E-state index in [9.17, 15) is 38.4 Å². The van der Waals surface area contributed by atoms with Crippen molar-refractivity contribution in [3.05, 3.63) is 0 Å². The highest BCUT2D eigenvalue weighted by Gasteiger charge is 2.37. The van der Waals surface area contributed by atoms with E-state index in [1.54, 1.807) is 9.80 Å². The first kappa shape index (κ1) is 77.8. The van der Waals surface area contributed by atoms with Crippen LogP contribution in [-0.2, 0) is 57.3 Å². The number of carbonyl (C=O) groups excluding carboxylic acids is 8. The van der Waals surface area contributed by atoms with Gasteiger partial charge >= 0.3 is 23.9 Å². The minimum Gasteiger partial charge on any atom is -0.465 e. The van der Waals surface area contributed by atoms with E-state index < -0.39 is 0 Å². The Morgan fingerprint density at radius 1 is 0.286 bits per heavy atom. The molecule has 16 nitrogen and oxygen atoms in total. The first-order valence-corrected chi connectivity index (χ1v) is 34.5. The van der Waals surface area contributed by atoms with Gasteiger partial charge in [-0.3, -0.25) is 38.4 Å². The van der Waals surface area contributed by atoms with Crippen LogP contribution in [0.1, 0.15) is 287 Å². The summed E-state index contributed by atoms with van der Waals surface area (Å²) in [5.41, 5.74) is 0. The van der Waals surface area contributed by atoms with E-state index in [1.807, 2.05) is 23.6 Å². The predicted octanol–water partition coefficient (Wildman–Crippen LogP) is 14.2. The molecule has 4 amide bonds. The van der Waals surface area contributed by atoms with Crippen LogP contribution in [0.15, 0.2) is 0 Å². The minimum absolute atomic E-state index is 0.0698. The molecule has 0 N–H and O–H groups in total. The van der Waals surface area contributed by atoms with Crippen molar-refractivity contribution < 1.29 is 57.3 Å². The summed E-state index contributed by atoms with van der Waals surface area (Å²) in [4.78, 5) is 102. The Labute approximate surface area is 511 Å². The van der Waals surface area contributed by atoms with E-state index in [2.05, 4.69) is 41.5 Å². The molecule has 0 bridgehead atoms. The Balaban J connectivity index is 0.000000574. The topological polar surface area (TPSA) is 186 Å². The fraction of sp³-hybridized carbons (Fsp3) is 0.882. The molecule has 488 valence electrons. The standard InChI is InChI=1S/C25H47NO3.C16H29NO3.C14H25NO3.C13H23NO3/c1-3-5-7-8-9-10-11-12-13-14-15-16-17-18-19-26-22-23(21-24(26)27)25(28)29-20-6-4-2;1-3-5-7-9-11-20-16(19)14-12-15(18)17(13-14)10-8-6-4-2;1-3-5-6-7-9-18-14(17)12-10-13(16)15(11-12)8-4-2;1-3-5-6-7-8-17-13(16)11-9-12(15)14(4-2)10-11/h23H,3-22H2,1-2H3;14H,3-13H2,1-2H3;12H,3-11H2,1-2H3;11H,3-10H2,1-2H3. The number of carbonyl (C=O) groups is 8. The van der Waals surface area contributed by atoms with Crippen molar-refractivity contribution in [1.82, 2.24) is 19.6 Å². The van der Waals surface area contributed by atoms with Crippen LogP contribution < -0.4 is 0 Å². The third-order valence-corrected chi connectivity index (χ3v) is 16.3. The SMILES string of the molecule is CCCCCCCCCCCCCCCCN1CC(C(=O)OCCCC)CC1=O.CCCCCCOC(=O)C1CC(=O)N(CC)C1.CCCCCCOC(=O)C1CC(=O)N(CCC)C1.CCCCCCOC(=O)C1CC(=O)N(CCCCC)C1. The molecule has 4 atom stereocenters. The first-order chi connectivity index (χ1) is 40.7. The quantitative estimate of drug-likeness (QED) is 0.0320. The third-order valence-electron chi connectivity index (χ3n) is 16.3. The molecule has 4 heterocycles. The van der Waals surface area contributed by atoms with Crippen molar-refractivity contribution in [2.75, 3.05) is 78.8 Å². The van der Waals surface area contributed by atoms with Crippen LogP contribution in [0.2, 0.25) is 0 Å². The highest BCUT2D eigenvalue weighted by atomic mass is 16.5. The van der Waals surface area contributed by atoms with Gasteiger partial charge in [0.05, 0.1) is 50.1 Å². The molecule has 4 aliphatic rings. The normalized spacial score (nSPS) is 18.3. The molecule has 0 aromatic heterocycles. The molecule has 16 heteroatoms. The number of hydrogen-bond acceptors (Lipinski definition) is 12. The summed E-state index contributed by atoms with van der Waals surface area (Å²) in [6, 6.07) is 0. The van der Waals surface area contributed by atoms with Gasteiger partial charge in [-0.05, 0) is 51.9 Å². The Morgan fingerprint density at radius 2 is 0.512 bits per heavy atom. The van der Waals surface area contributed by atoms with Gasteiger partial charge in [0.1, 0.15) is 0 Å². The number of hydrogen-bond donors (Lipinski definition) is 0. The molecule has 4 unspecified atom stereocenters. The second kappa shape index (κ2) is 51.9. The van der Waals surface area contributed by atoms with Crippen molar-refractivity contribution in [1.29, 1.82) is 0 Å². The van der Waals surface area contributed by atoms with E-state index in [0.717, 1.165) is 103 Å². The lowest BCUT2D eigenvalue weighted by Gasteiger charge is -2.16. The average Bonchev–Trinajstić information content (AvgIpc) is 4.37. The Bertz CT molecular complexity index is 1760. The van der Waals surface area contributed by atoms with Crippen molar-refractivity contribution in [2.24, 2.45) is 23.7 Å². The number of rotatable bonds is 44.